The lowest BCUT2D eigenvalue weighted by molar-refractivity contribution is 0.0687. The van der Waals surface area contributed by atoms with Crippen molar-refractivity contribution in [1.29, 1.82) is 0 Å². The molecule has 0 saturated heterocycles. The van der Waals surface area contributed by atoms with E-state index in [1.54, 1.807) is 73.2 Å². The maximum atomic E-state index is 12.9. The molecule has 11 N–H and O–H groups in total. The fraction of sp³-hybridized carbons (Fsp3) is 0.165. The van der Waals surface area contributed by atoms with Crippen molar-refractivity contribution in [3.05, 3.63) is 208 Å². The van der Waals surface area contributed by atoms with E-state index in [0.717, 1.165) is 26.6 Å². The Labute approximate surface area is 699 Å². The van der Waals surface area contributed by atoms with Gasteiger partial charge in [0.2, 0.25) is 19.5 Å². The number of aromatic amines is 1. The monoisotopic (exact) mass is 1680 g/mol. The molecule has 0 amide bonds. The van der Waals surface area contributed by atoms with Crippen LogP contribution >= 0.6 is 48.0 Å². The van der Waals surface area contributed by atoms with Gasteiger partial charge in [0.1, 0.15) is 52.3 Å². The normalized spacial score (nSPS) is 12.2. The molecular formula is C85H70N16O15S4. The number of hydrogen-bond acceptors (Lipinski definition) is 26. The first-order chi connectivity index (χ1) is 58.0. The van der Waals surface area contributed by atoms with Crippen LogP contribution in [-0.2, 0) is 13.1 Å². The molecule has 0 fully saturated rings. The Morgan fingerprint density at radius 2 is 1.06 bits per heavy atom. The van der Waals surface area contributed by atoms with Crippen LogP contribution in [0.3, 0.4) is 0 Å². The number of aromatic hydroxyl groups is 2. The number of aromatic nitrogens is 10. The molecule has 604 valence electrons. The zero-order valence-electron chi connectivity index (χ0n) is 64.0. The fourth-order valence-corrected chi connectivity index (χ4v) is 17.6. The molecule has 6 aromatic carbocycles. The van der Waals surface area contributed by atoms with Gasteiger partial charge in [0.15, 0.2) is 77.2 Å². The molecule has 35 heteroatoms. The highest BCUT2D eigenvalue weighted by molar-refractivity contribution is 7.99. The summed E-state index contributed by atoms with van der Waals surface area (Å²) in [5.74, 6) is 1.59. The number of anilines is 4. The summed E-state index contributed by atoms with van der Waals surface area (Å²) in [5, 5.41) is 58.4. The zero-order valence-corrected chi connectivity index (χ0v) is 67.3. The van der Waals surface area contributed by atoms with Gasteiger partial charge in [-0.3, -0.25) is 14.7 Å². The van der Waals surface area contributed by atoms with Gasteiger partial charge in [0, 0.05) is 135 Å². The number of phenols is 2. The Balaban J connectivity index is 0.000000171. The Morgan fingerprint density at radius 1 is 0.550 bits per heavy atom. The number of nitrogens with one attached hydrogen (secondary N) is 3. The molecule has 18 rings (SSSR count). The van der Waals surface area contributed by atoms with E-state index in [1.807, 2.05) is 78.5 Å². The minimum absolute atomic E-state index is 0.00121. The van der Waals surface area contributed by atoms with E-state index >= 15 is 0 Å². The number of aromatic carboxylic acids is 2. The van der Waals surface area contributed by atoms with Gasteiger partial charge >= 0.3 is 11.9 Å². The van der Waals surface area contributed by atoms with Gasteiger partial charge in [-0.25, -0.2) is 39.5 Å². The summed E-state index contributed by atoms with van der Waals surface area (Å²) in [6, 6.07) is 39.2. The van der Waals surface area contributed by atoms with Gasteiger partial charge < -0.3 is 93.7 Å². The number of H-pyrrole nitrogens is 1. The molecule has 12 aromatic rings. The van der Waals surface area contributed by atoms with E-state index < -0.39 is 11.9 Å². The molecule has 0 unspecified atom stereocenters. The number of carboxylic acids is 2. The number of carboxylic acid groups (broad SMARTS) is 2. The van der Waals surface area contributed by atoms with Crippen LogP contribution in [0.15, 0.2) is 220 Å². The standard InChI is InChI=1S/C43H36N8O7S2.C42H34N8O8S2/c1-22(2)50(42(59)47-23-4-7-26(29(16-23)41(54)55)38-27-8-5-24(52)17-33(27)58-34-18-25(53)6-9-28(34)38)14-3-15-51-32-11-12-45-40(44)39(32)48-43(51)60-37-20-36-35(56-21-57-36)19-30(37)31-10-13-46-49-31;1-21(2)49(41(59)47-22-4-7-25(28(14-22)40(53)54)35-26-8-5-23(51)15-30(26)58-31-16-24(52)6-9-27(31)35)11-3-12-50-38-36(37(43)45-19-46-38)48-42(50)60-34-18-33-32(56-20-57-33)17-29(34)39-44-10-13-55-39/h4-13,16-20,22,52H,3,14-15,21H2,1-2H3,(H2,44,45)(H,46,49)(H,47,59)(H,54,55);4-10,13-19,21,51H,3,11-12,20H2,1-2H3,(H,47,59)(H,53,54)(H2,43,45,46). The number of thiocarbonyl (C=S) groups is 2. The number of aryl methyl sites for hydroxylation is 2. The molecule has 2 aliphatic carbocycles. The average Bonchev–Trinajstić information content (AvgIpc) is 1.15. The number of pyridine rings is 1. The summed E-state index contributed by atoms with van der Waals surface area (Å²) < 4.78 is 44.4. The number of imidazole rings is 2. The van der Waals surface area contributed by atoms with Crippen molar-refractivity contribution in [2.24, 2.45) is 0 Å². The van der Waals surface area contributed by atoms with E-state index in [1.165, 1.54) is 90.7 Å². The van der Waals surface area contributed by atoms with E-state index in [2.05, 4.69) is 45.3 Å². The number of ether oxygens (including phenoxy) is 4. The van der Waals surface area contributed by atoms with E-state index in [0.29, 0.717) is 183 Å². The highest BCUT2D eigenvalue weighted by Crippen LogP contribution is 2.49. The minimum atomic E-state index is -1.17. The molecular weight excluding hydrogens is 1610 g/mol. The molecule has 0 bridgehead atoms. The third kappa shape index (κ3) is 15.5. The number of oxazole rings is 1. The van der Waals surface area contributed by atoms with Crippen LogP contribution in [0.5, 0.6) is 34.5 Å². The Hall–Kier alpha value is -14.3. The molecule has 0 spiro atoms. The summed E-state index contributed by atoms with van der Waals surface area (Å²) in [6.07, 6.45) is 9.12. The van der Waals surface area contributed by atoms with Gasteiger partial charge in [-0.1, -0.05) is 35.7 Å². The molecule has 0 atom stereocenters. The van der Waals surface area contributed by atoms with Crippen molar-refractivity contribution < 1.29 is 62.2 Å². The van der Waals surface area contributed by atoms with Gasteiger partial charge in [0.25, 0.3) is 0 Å². The summed E-state index contributed by atoms with van der Waals surface area (Å²) >= 11 is 14.7. The summed E-state index contributed by atoms with van der Waals surface area (Å²) in [5.41, 5.74) is 21.5. The molecule has 4 aliphatic heterocycles. The number of nitrogens with zero attached hydrogens (tertiary/aromatic N) is 11. The SMILES string of the molecule is CC(C)N(CCCn1c(Sc2cc3c(cc2-c2ccn[nH]2)OCO3)nc2c(N)nccc21)C(=S)Nc1ccc(-c2c3ccc(=O)cc-3oc3cc(O)ccc23)c(C(=O)O)c1.CC(C)N(CCCn1c(Sc2cc3c(cc2-c2ncco2)OCO3)nc2c(N)ncnc21)C(=S)Nc1ccc(-c2c3ccc(=O)cc-3oc3cc(O)ccc23)c(C(=O)O)c1. The van der Waals surface area contributed by atoms with Crippen molar-refractivity contribution in [1.82, 2.24) is 59.0 Å². The highest BCUT2D eigenvalue weighted by atomic mass is 32.2. The van der Waals surface area contributed by atoms with Crippen LogP contribution < -0.4 is 51.9 Å². The van der Waals surface area contributed by atoms with E-state index in [4.69, 9.17) is 78.1 Å². The minimum Gasteiger partial charge on any atom is -0.508 e. The number of rotatable bonds is 22. The van der Waals surface area contributed by atoms with Crippen LogP contribution in [0.2, 0.25) is 0 Å². The number of carbonyl (C=O) groups is 2. The second-order valence-corrected chi connectivity index (χ2v) is 31.2. The van der Waals surface area contributed by atoms with Crippen LogP contribution in [0, 0.1) is 0 Å². The molecule has 0 radical (unpaired) electrons. The first-order valence-electron chi connectivity index (χ1n) is 37.5. The lowest BCUT2D eigenvalue weighted by atomic mass is 9.90. The molecule has 120 heavy (non-hydrogen) atoms. The smallest absolute Gasteiger partial charge is 0.336 e. The van der Waals surface area contributed by atoms with Gasteiger partial charge in [-0.15, -0.1) is 0 Å². The molecule has 0 saturated carbocycles. The van der Waals surface area contributed by atoms with Crippen molar-refractivity contribution in [3.63, 3.8) is 0 Å². The lowest BCUT2D eigenvalue weighted by Gasteiger charge is -2.30. The average molecular weight is 1680 g/mol. The second kappa shape index (κ2) is 32.7. The zero-order chi connectivity index (χ0) is 83.3. The highest BCUT2D eigenvalue weighted by Gasteiger charge is 2.30. The van der Waals surface area contributed by atoms with Crippen molar-refractivity contribution in [2.45, 2.75) is 85.8 Å². The number of benzene rings is 8. The number of nitrogen functional groups attached to an aromatic ring is 2. The Morgan fingerprint density at radius 3 is 1.58 bits per heavy atom. The number of nitrogens with two attached hydrogens (primary N) is 2. The van der Waals surface area contributed by atoms with Crippen LogP contribution in [0.1, 0.15) is 61.3 Å². The van der Waals surface area contributed by atoms with Crippen LogP contribution in [-0.4, -0.2) is 140 Å². The number of hydrogen-bond donors (Lipinski definition) is 9. The van der Waals surface area contributed by atoms with Crippen molar-refractivity contribution >= 4 is 137 Å². The third-order valence-corrected chi connectivity index (χ3v) is 23.0. The maximum absolute atomic E-state index is 12.9. The van der Waals surface area contributed by atoms with Gasteiger partial charge in [0.05, 0.1) is 34.1 Å². The maximum Gasteiger partial charge on any atom is 0.336 e. The van der Waals surface area contributed by atoms with Gasteiger partial charge in [-0.2, -0.15) is 5.10 Å². The van der Waals surface area contributed by atoms with Crippen molar-refractivity contribution in [2.75, 3.05) is 48.8 Å². The Kier molecular flexibility index (Phi) is 21.3. The predicted octanol–water partition coefficient (Wildman–Crippen LogP) is 15.8. The molecule has 6 aliphatic rings. The number of fused-ring (bicyclic) bond motifs is 8. The second-order valence-electron chi connectivity index (χ2n) is 28.4. The molecule has 6 aromatic heterocycles. The molecule has 31 nitrogen and oxygen atoms in total. The third-order valence-electron chi connectivity index (χ3n) is 20.2. The first-order valence-corrected chi connectivity index (χ1v) is 40.0. The quantitative estimate of drug-likeness (QED) is 0.0225. The predicted molar refractivity (Wildman–Crippen MR) is 460 cm³/mol. The number of phenolic OH excluding ortho intramolecular Hbond substituents is 2. The largest absolute Gasteiger partial charge is 0.508 e. The van der Waals surface area contributed by atoms with E-state index in [9.17, 15) is 39.6 Å². The van der Waals surface area contributed by atoms with E-state index in [-0.39, 0.29) is 76.5 Å². The first kappa shape index (κ1) is 78.2. The topological polar surface area (TPSA) is 424 Å². The van der Waals surface area contributed by atoms with Crippen LogP contribution in [0.25, 0.3) is 112 Å². The van der Waals surface area contributed by atoms with Crippen LogP contribution in [0.4, 0.5) is 23.0 Å². The summed E-state index contributed by atoms with van der Waals surface area (Å²) in [4.78, 5) is 83.1. The fourth-order valence-electron chi connectivity index (χ4n) is 14.6. The summed E-state index contributed by atoms with van der Waals surface area (Å²) in [7, 11) is 0. The Bertz CT molecular complexity index is 6410. The molecule has 10 heterocycles. The summed E-state index contributed by atoms with van der Waals surface area (Å²) in [6.45, 7) is 10.5. The van der Waals surface area contributed by atoms with Gasteiger partial charge in [-0.05, 0) is 185 Å². The lowest BCUT2D eigenvalue weighted by Crippen LogP contribution is -2.40. The van der Waals surface area contributed by atoms with Crippen molar-refractivity contribution in [3.8, 4) is 102 Å².